The maximum atomic E-state index is 10.7. The van der Waals surface area contributed by atoms with E-state index in [1.165, 1.54) is 0 Å². The Morgan fingerprint density at radius 3 is 2.23 bits per heavy atom. The van der Waals surface area contributed by atoms with Crippen LogP contribution in [-0.2, 0) is 10.1 Å². The molecule has 78 valence electrons. The molecule has 0 rings (SSSR count). The maximum Gasteiger partial charge on any atom is 0.273 e. The van der Waals surface area contributed by atoms with E-state index in [4.69, 9.17) is 9.76 Å². The maximum absolute atomic E-state index is 10.7. The van der Waals surface area contributed by atoms with Crippen LogP contribution in [0.15, 0.2) is 5.16 Å². The summed E-state index contributed by atoms with van der Waals surface area (Å²) in [5.41, 5.74) is 0. The monoisotopic (exact) mass is 209 g/mol. The lowest BCUT2D eigenvalue weighted by Gasteiger charge is -2.09. The van der Waals surface area contributed by atoms with Gasteiger partial charge in [0.15, 0.2) is 0 Å². The number of hydrogen-bond acceptors (Lipinski definition) is 4. The van der Waals surface area contributed by atoms with Crippen molar-refractivity contribution in [1.82, 2.24) is 0 Å². The van der Waals surface area contributed by atoms with Crippen LogP contribution in [0.3, 0.4) is 0 Å². The fourth-order valence-electron chi connectivity index (χ4n) is 0.872. The lowest BCUT2D eigenvalue weighted by molar-refractivity contribution is 0.319. The van der Waals surface area contributed by atoms with Crippen molar-refractivity contribution in [2.75, 3.05) is 0 Å². The van der Waals surface area contributed by atoms with Gasteiger partial charge in [0.25, 0.3) is 10.1 Å². The SMILES string of the molecule is CC(C)CCC(C=NO)S(=O)(=O)O. The van der Waals surface area contributed by atoms with Crippen molar-refractivity contribution in [3.63, 3.8) is 0 Å². The Labute approximate surface area is 78.2 Å². The van der Waals surface area contributed by atoms with E-state index in [2.05, 4.69) is 5.16 Å². The molecule has 1 atom stereocenters. The Hall–Kier alpha value is -0.620. The number of rotatable bonds is 5. The second kappa shape index (κ2) is 5.18. The molecule has 0 aliphatic rings. The first-order valence-electron chi connectivity index (χ1n) is 4.01. The summed E-state index contributed by atoms with van der Waals surface area (Å²) in [5, 5.41) is 9.68. The zero-order valence-electron chi connectivity index (χ0n) is 7.71. The molecule has 0 saturated heterocycles. The summed E-state index contributed by atoms with van der Waals surface area (Å²) >= 11 is 0. The van der Waals surface area contributed by atoms with Crippen molar-refractivity contribution >= 4 is 16.3 Å². The largest absolute Gasteiger partial charge is 0.411 e. The zero-order chi connectivity index (χ0) is 10.5. The van der Waals surface area contributed by atoms with Gasteiger partial charge in [0.2, 0.25) is 0 Å². The second-order valence-electron chi connectivity index (χ2n) is 3.29. The molecule has 5 nitrogen and oxygen atoms in total. The van der Waals surface area contributed by atoms with Crippen LogP contribution in [0.5, 0.6) is 0 Å². The van der Waals surface area contributed by atoms with E-state index in [9.17, 15) is 8.42 Å². The first-order valence-corrected chi connectivity index (χ1v) is 5.52. The molecule has 0 aromatic carbocycles. The van der Waals surface area contributed by atoms with Crippen LogP contribution in [-0.4, -0.2) is 29.6 Å². The fraction of sp³-hybridized carbons (Fsp3) is 0.857. The molecule has 0 amide bonds. The highest BCUT2D eigenvalue weighted by Crippen LogP contribution is 2.10. The van der Waals surface area contributed by atoms with Crippen molar-refractivity contribution < 1.29 is 18.2 Å². The van der Waals surface area contributed by atoms with Crippen LogP contribution in [0, 0.1) is 5.92 Å². The molecule has 0 aliphatic carbocycles. The van der Waals surface area contributed by atoms with Gasteiger partial charge in [0.1, 0.15) is 5.25 Å². The molecule has 1 unspecified atom stereocenters. The molecular formula is C7H15NO4S. The van der Waals surface area contributed by atoms with Crippen LogP contribution in [0.1, 0.15) is 26.7 Å². The Kier molecular flexibility index (Phi) is 4.94. The van der Waals surface area contributed by atoms with Crippen LogP contribution in [0.4, 0.5) is 0 Å². The Morgan fingerprint density at radius 2 is 1.92 bits per heavy atom. The standard InChI is InChI=1S/C7H15NO4S/c1-6(2)3-4-7(5-8-9)13(10,11)12/h5-7,9H,3-4H2,1-2H3,(H,10,11,12). The van der Waals surface area contributed by atoms with Crippen molar-refractivity contribution in [1.29, 1.82) is 0 Å². The number of nitrogens with zero attached hydrogens (tertiary/aromatic N) is 1. The predicted molar refractivity (Wildman–Crippen MR) is 49.7 cm³/mol. The second-order valence-corrected chi connectivity index (χ2v) is 4.92. The molecule has 0 aliphatic heterocycles. The van der Waals surface area contributed by atoms with Gasteiger partial charge in [-0.2, -0.15) is 8.42 Å². The predicted octanol–water partition coefficient (Wildman–Crippen LogP) is 1.14. The average molecular weight is 209 g/mol. The first-order chi connectivity index (χ1) is 5.88. The topological polar surface area (TPSA) is 87.0 Å². The van der Waals surface area contributed by atoms with E-state index in [0.29, 0.717) is 12.3 Å². The molecule has 2 N–H and O–H groups in total. The minimum Gasteiger partial charge on any atom is -0.411 e. The number of hydrogen-bond donors (Lipinski definition) is 2. The summed E-state index contributed by atoms with van der Waals surface area (Å²) in [4.78, 5) is 0. The number of oxime groups is 1. The van der Waals surface area contributed by atoms with Gasteiger partial charge in [0.05, 0.1) is 6.21 Å². The van der Waals surface area contributed by atoms with Crippen molar-refractivity contribution in [2.24, 2.45) is 11.1 Å². The van der Waals surface area contributed by atoms with E-state index < -0.39 is 15.4 Å². The summed E-state index contributed by atoms with van der Waals surface area (Å²) in [6.07, 6.45) is 1.74. The summed E-state index contributed by atoms with van der Waals surface area (Å²) in [7, 11) is -4.13. The Morgan fingerprint density at radius 1 is 1.38 bits per heavy atom. The third-order valence-corrected chi connectivity index (χ3v) is 2.77. The Bertz CT molecular complexity index is 258. The summed E-state index contributed by atoms with van der Waals surface area (Å²) < 4.78 is 30.1. The molecule has 0 fully saturated rings. The highest BCUT2D eigenvalue weighted by atomic mass is 32.2. The van der Waals surface area contributed by atoms with E-state index in [1.54, 1.807) is 0 Å². The molecule has 0 spiro atoms. The third kappa shape index (κ3) is 5.59. The molecule has 0 heterocycles. The van der Waals surface area contributed by atoms with E-state index >= 15 is 0 Å². The molecule has 0 aromatic heterocycles. The third-order valence-electron chi connectivity index (χ3n) is 1.64. The molecule has 0 aromatic rings. The quantitative estimate of drug-likeness (QED) is 0.307. The van der Waals surface area contributed by atoms with Gasteiger partial charge in [0, 0.05) is 0 Å². The fourth-order valence-corrected chi connectivity index (χ4v) is 1.51. The van der Waals surface area contributed by atoms with E-state index in [0.717, 1.165) is 6.21 Å². The highest BCUT2D eigenvalue weighted by molar-refractivity contribution is 7.87. The van der Waals surface area contributed by atoms with Gasteiger partial charge in [-0.1, -0.05) is 13.8 Å². The van der Waals surface area contributed by atoms with Crippen LogP contribution < -0.4 is 0 Å². The summed E-state index contributed by atoms with van der Waals surface area (Å²) in [6.45, 7) is 3.88. The van der Waals surface area contributed by atoms with Crippen molar-refractivity contribution in [3.8, 4) is 0 Å². The lowest BCUT2D eigenvalue weighted by Crippen LogP contribution is -2.22. The summed E-state index contributed by atoms with van der Waals surface area (Å²) in [5.74, 6) is 0.344. The molecule has 13 heavy (non-hydrogen) atoms. The van der Waals surface area contributed by atoms with Crippen LogP contribution in [0.25, 0.3) is 0 Å². The van der Waals surface area contributed by atoms with E-state index in [1.807, 2.05) is 13.8 Å². The zero-order valence-corrected chi connectivity index (χ0v) is 8.53. The normalized spacial score (nSPS) is 15.4. The van der Waals surface area contributed by atoms with Crippen LogP contribution in [0.2, 0.25) is 0 Å². The minimum absolute atomic E-state index is 0.264. The summed E-state index contributed by atoms with van der Waals surface area (Å²) in [6, 6.07) is 0. The van der Waals surface area contributed by atoms with Gasteiger partial charge < -0.3 is 5.21 Å². The van der Waals surface area contributed by atoms with Gasteiger partial charge in [-0.3, -0.25) is 4.55 Å². The highest BCUT2D eigenvalue weighted by Gasteiger charge is 2.20. The molecule has 6 heteroatoms. The van der Waals surface area contributed by atoms with Crippen molar-refractivity contribution in [3.05, 3.63) is 0 Å². The lowest BCUT2D eigenvalue weighted by atomic mass is 10.1. The van der Waals surface area contributed by atoms with Gasteiger partial charge >= 0.3 is 0 Å². The van der Waals surface area contributed by atoms with Gasteiger partial charge in [-0.25, -0.2) is 0 Å². The Balaban J connectivity index is 4.29. The molecule has 0 saturated carbocycles. The molecule has 0 bridgehead atoms. The van der Waals surface area contributed by atoms with E-state index in [-0.39, 0.29) is 6.42 Å². The molecular weight excluding hydrogens is 194 g/mol. The minimum atomic E-state index is -4.13. The smallest absolute Gasteiger partial charge is 0.273 e. The van der Waals surface area contributed by atoms with Crippen molar-refractivity contribution in [2.45, 2.75) is 31.9 Å². The average Bonchev–Trinajstić information content (AvgIpc) is 1.95. The molecule has 0 radical (unpaired) electrons. The van der Waals surface area contributed by atoms with Gasteiger partial charge in [-0.05, 0) is 18.8 Å². The first kappa shape index (κ1) is 12.4. The van der Waals surface area contributed by atoms with Gasteiger partial charge in [-0.15, -0.1) is 5.16 Å². The van der Waals surface area contributed by atoms with Crippen LogP contribution >= 0.6 is 0 Å².